The molecule has 0 radical (unpaired) electrons. The summed E-state index contributed by atoms with van der Waals surface area (Å²) in [6, 6.07) is 4.10. The molecule has 0 spiro atoms. The molecule has 0 atom stereocenters. The van der Waals surface area contributed by atoms with Crippen LogP contribution in [0, 0.1) is 5.41 Å². The van der Waals surface area contributed by atoms with Crippen LogP contribution >= 0.6 is 23.2 Å². The van der Waals surface area contributed by atoms with Gasteiger partial charge >= 0.3 is 6.03 Å². The first-order chi connectivity index (χ1) is 7.50. The lowest BCUT2D eigenvalue weighted by Gasteiger charge is -2.12. The van der Waals surface area contributed by atoms with E-state index in [0.29, 0.717) is 15.7 Å². The molecule has 0 aliphatic rings. The number of para-hydroxylation sites is 1. The van der Waals surface area contributed by atoms with Crippen molar-refractivity contribution in [2.75, 3.05) is 5.32 Å². The second kappa shape index (κ2) is 5.43. The van der Waals surface area contributed by atoms with Gasteiger partial charge in [-0.3, -0.25) is 10.8 Å². The van der Waals surface area contributed by atoms with Crippen molar-refractivity contribution in [1.82, 2.24) is 10.9 Å². The minimum atomic E-state index is -0.809. The molecule has 0 heterocycles. The summed E-state index contributed by atoms with van der Waals surface area (Å²) in [5.74, 6) is -0.214. The summed E-state index contributed by atoms with van der Waals surface area (Å²) < 4.78 is 0. The van der Waals surface area contributed by atoms with Crippen LogP contribution in [0.5, 0.6) is 0 Å². The number of nitrogens with one attached hydrogen (secondary N) is 4. The summed E-state index contributed by atoms with van der Waals surface area (Å²) in [7, 11) is 0. The number of hydrazine groups is 1. The highest BCUT2D eigenvalue weighted by Crippen LogP contribution is 2.29. The lowest BCUT2D eigenvalue weighted by atomic mass is 10.3. The van der Waals surface area contributed by atoms with Crippen molar-refractivity contribution in [1.29, 1.82) is 5.41 Å². The summed E-state index contributed by atoms with van der Waals surface area (Å²) in [4.78, 5) is 10.4. The number of amides is 2. The molecule has 0 aliphatic heterocycles. The summed E-state index contributed by atoms with van der Waals surface area (Å²) in [5.41, 5.74) is 9.41. The van der Waals surface area contributed by atoms with Gasteiger partial charge in [0.1, 0.15) is 0 Å². The molecule has 16 heavy (non-hydrogen) atoms. The fourth-order valence-corrected chi connectivity index (χ4v) is 1.39. The number of anilines is 1. The van der Waals surface area contributed by atoms with Crippen LogP contribution in [0.15, 0.2) is 18.2 Å². The second-order valence-corrected chi connectivity index (χ2v) is 3.53. The highest BCUT2D eigenvalue weighted by atomic mass is 35.5. The maximum atomic E-state index is 10.4. The van der Waals surface area contributed by atoms with Crippen LogP contribution < -0.4 is 21.9 Å². The Bertz CT molecular complexity index is 403. The third-order valence-electron chi connectivity index (χ3n) is 1.52. The molecule has 6 nitrogen and oxygen atoms in total. The average molecular weight is 262 g/mol. The van der Waals surface area contributed by atoms with Gasteiger partial charge in [0.05, 0.1) is 15.7 Å². The van der Waals surface area contributed by atoms with Crippen LogP contribution in [0.1, 0.15) is 0 Å². The van der Waals surface area contributed by atoms with Gasteiger partial charge in [0.2, 0.25) is 5.96 Å². The van der Waals surface area contributed by atoms with E-state index in [2.05, 4.69) is 10.7 Å². The van der Waals surface area contributed by atoms with Crippen LogP contribution in [0.2, 0.25) is 10.0 Å². The van der Waals surface area contributed by atoms with E-state index >= 15 is 0 Å². The van der Waals surface area contributed by atoms with Crippen molar-refractivity contribution in [2.24, 2.45) is 5.73 Å². The maximum absolute atomic E-state index is 10.4. The fraction of sp³-hybridized carbons (Fsp3) is 0. The van der Waals surface area contributed by atoms with E-state index in [0.717, 1.165) is 0 Å². The topological polar surface area (TPSA) is 103 Å². The Morgan fingerprint density at radius 2 is 1.81 bits per heavy atom. The van der Waals surface area contributed by atoms with E-state index in [4.69, 9.17) is 34.3 Å². The monoisotopic (exact) mass is 261 g/mol. The molecule has 0 saturated heterocycles. The molecular formula is C8H9Cl2N5O. The molecule has 0 aliphatic carbocycles. The average Bonchev–Trinajstić information content (AvgIpc) is 2.21. The van der Waals surface area contributed by atoms with Crippen molar-refractivity contribution in [3.63, 3.8) is 0 Å². The number of primary amides is 1. The zero-order chi connectivity index (χ0) is 12.1. The van der Waals surface area contributed by atoms with Gasteiger partial charge in [-0.1, -0.05) is 29.3 Å². The number of nitrogens with two attached hydrogens (primary N) is 1. The standard InChI is InChI=1S/C8H9Cl2N5O/c9-4-2-1-3-5(10)6(4)13-7(11)14-15-8(12)16/h1-3H,(H3,11,13,14)(H3,12,15,16). The minimum Gasteiger partial charge on any atom is -0.350 e. The molecule has 0 aromatic heterocycles. The number of carbonyl (C=O) groups is 1. The molecular weight excluding hydrogens is 253 g/mol. The van der Waals surface area contributed by atoms with Gasteiger partial charge in [-0.25, -0.2) is 10.2 Å². The fourth-order valence-electron chi connectivity index (χ4n) is 0.898. The number of hydrogen-bond donors (Lipinski definition) is 5. The van der Waals surface area contributed by atoms with E-state index < -0.39 is 6.03 Å². The van der Waals surface area contributed by atoms with Crippen molar-refractivity contribution in [2.45, 2.75) is 0 Å². The number of hydrogen-bond acceptors (Lipinski definition) is 2. The molecule has 6 N–H and O–H groups in total. The summed E-state index contributed by atoms with van der Waals surface area (Å²) in [6.45, 7) is 0. The first kappa shape index (κ1) is 12.4. The van der Waals surface area contributed by atoms with E-state index in [1.54, 1.807) is 18.2 Å². The van der Waals surface area contributed by atoms with E-state index in [-0.39, 0.29) is 5.96 Å². The third-order valence-corrected chi connectivity index (χ3v) is 2.15. The molecule has 0 saturated carbocycles. The number of benzene rings is 1. The largest absolute Gasteiger partial charge is 0.350 e. The Labute approximate surface area is 102 Å². The molecule has 1 rings (SSSR count). The molecule has 0 unspecified atom stereocenters. The summed E-state index contributed by atoms with van der Waals surface area (Å²) in [5, 5.41) is 10.7. The quantitative estimate of drug-likeness (QED) is 0.301. The van der Waals surface area contributed by atoms with Crippen molar-refractivity contribution in [3.8, 4) is 0 Å². The zero-order valence-corrected chi connectivity index (χ0v) is 9.49. The second-order valence-electron chi connectivity index (χ2n) is 2.71. The summed E-state index contributed by atoms with van der Waals surface area (Å²) >= 11 is 11.7. The Kier molecular flexibility index (Phi) is 4.21. The van der Waals surface area contributed by atoms with Crippen LogP contribution in [-0.2, 0) is 0 Å². The predicted molar refractivity (Wildman–Crippen MR) is 63.7 cm³/mol. The van der Waals surface area contributed by atoms with Crippen LogP contribution in [0.25, 0.3) is 0 Å². The van der Waals surface area contributed by atoms with Crippen molar-refractivity contribution < 1.29 is 4.79 Å². The van der Waals surface area contributed by atoms with Crippen LogP contribution in [-0.4, -0.2) is 12.0 Å². The lowest BCUT2D eigenvalue weighted by molar-refractivity contribution is 0.247. The molecule has 0 fully saturated rings. The molecule has 1 aromatic rings. The van der Waals surface area contributed by atoms with Gasteiger partial charge in [-0.15, -0.1) is 0 Å². The molecule has 8 heteroatoms. The minimum absolute atomic E-state index is 0.214. The lowest BCUT2D eigenvalue weighted by Crippen LogP contribution is -2.46. The zero-order valence-electron chi connectivity index (χ0n) is 7.97. The van der Waals surface area contributed by atoms with Gasteiger partial charge in [-0.05, 0) is 12.1 Å². The number of halogens is 2. The maximum Gasteiger partial charge on any atom is 0.330 e. The predicted octanol–water partition coefficient (Wildman–Crippen LogP) is 1.51. The number of urea groups is 1. The van der Waals surface area contributed by atoms with Gasteiger partial charge in [-0.2, -0.15) is 0 Å². The Balaban J connectivity index is 2.66. The number of carbonyl (C=O) groups excluding carboxylic acids is 1. The normalized spacial score (nSPS) is 9.38. The third kappa shape index (κ3) is 3.48. The smallest absolute Gasteiger partial charge is 0.330 e. The molecule has 86 valence electrons. The van der Waals surface area contributed by atoms with Gasteiger partial charge in [0.15, 0.2) is 0 Å². The van der Waals surface area contributed by atoms with E-state index in [9.17, 15) is 4.79 Å². The summed E-state index contributed by atoms with van der Waals surface area (Å²) in [6.07, 6.45) is 0. The SMILES string of the molecule is N=C(NNC(N)=O)Nc1c(Cl)cccc1Cl. The highest BCUT2D eigenvalue weighted by molar-refractivity contribution is 6.39. The Morgan fingerprint density at radius 1 is 1.25 bits per heavy atom. The van der Waals surface area contributed by atoms with Gasteiger partial charge in [0.25, 0.3) is 0 Å². The van der Waals surface area contributed by atoms with Crippen molar-refractivity contribution in [3.05, 3.63) is 28.2 Å². The molecule has 1 aromatic carbocycles. The van der Waals surface area contributed by atoms with Crippen LogP contribution in [0.3, 0.4) is 0 Å². The van der Waals surface area contributed by atoms with E-state index in [1.807, 2.05) is 5.43 Å². The number of guanidine groups is 1. The van der Waals surface area contributed by atoms with Crippen LogP contribution in [0.4, 0.5) is 10.5 Å². The van der Waals surface area contributed by atoms with Gasteiger partial charge < -0.3 is 11.1 Å². The Morgan fingerprint density at radius 3 is 2.31 bits per heavy atom. The number of rotatable bonds is 1. The molecule has 0 bridgehead atoms. The van der Waals surface area contributed by atoms with Gasteiger partial charge in [0, 0.05) is 0 Å². The van der Waals surface area contributed by atoms with E-state index in [1.165, 1.54) is 0 Å². The Hall–Kier alpha value is -1.66. The molecule has 2 amide bonds. The first-order valence-electron chi connectivity index (χ1n) is 4.11. The van der Waals surface area contributed by atoms with Crippen molar-refractivity contribution >= 4 is 40.9 Å². The first-order valence-corrected chi connectivity index (χ1v) is 4.87. The highest BCUT2D eigenvalue weighted by Gasteiger charge is 2.06.